The van der Waals surface area contributed by atoms with Crippen LogP contribution in [-0.4, -0.2) is 32.7 Å². The third-order valence-electron chi connectivity index (χ3n) is 2.41. The number of aromatic nitrogens is 4. The summed E-state index contributed by atoms with van der Waals surface area (Å²) in [5.41, 5.74) is 1.81. The molecule has 0 radical (unpaired) electrons. The molecule has 0 spiro atoms. The predicted molar refractivity (Wildman–Crippen MR) is 60.6 cm³/mol. The Bertz CT molecular complexity index is 452. The molecule has 0 aliphatic rings. The Morgan fingerprint density at radius 3 is 2.88 bits per heavy atom. The van der Waals surface area contributed by atoms with E-state index in [1.165, 1.54) is 11.7 Å². The van der Waals surface area contributed by atoms with Crippen LogP contribution in [0.1, 0.15) is 17.4 Å². The van der Waals surface area contributed by atoms with E-state index >= 15 is 0 Å². The van der Waals surface area contributed by atoms with Gasteiger partial charge < -0.3 is 10.1 Å². The molecular formula is C9H13N5OS. The average Bonchev–Trinajstić information content (AvgIpc) is 2.91. The van der Waals surface area contributed by atoms with Crippen LogP contribution in [-0.2, 0) is 7.05 Å². The molecule has 2 heterocycles. The Hall–Kier alpha value is -1.47. The van der Waals surface area contributed by atoms with Crippen molar-refractivity contribution in [3.63, 3.8) is 0 Å². The fraction of sp³-hybridized carbons (Fsp3) is 0.444. The molecule has 0 aliphatic heterocycles. The maximum Gasteiger partial charge on any atom is 0.161 e. The minimum atomic E-state index is -0.0544. The molecule has 0 saturated heterocycles. The number of nitrogens with one attached hydrogen (secondary N) is 1. The number of nitrogens with zero attached hydrogens (tertiary/aromatic N) is 4. The zero-order valence-electron chi connectivity index (χ0n) is 9.34. The van der Waals surface area contributed by atoms with Crippen LogP contribution in [0.4, 0.5) is 0 Å². The fourth-order valence-electron chi connectivity index (χ4n) is 1.64. The smallest absolute Gasteiger partial charge is 0.161 e. The number of aryl methyl sites for hydroxylation is 1. The molecule has 0 bridgehead atoms. The number of ether oxygens (including phenoxy) is 1. The van der Waals surface area contributed by atoms with Crippen molar-refractivity contribution in [1.82, 2.24) is 23.8 Å². The summed E-state index contributed by atoms with van der Waals surface area (Å²) in [6.45, 7) is 0. The first-order chi connectivity index (χ1) is 7.77. The summed E-state index contributed by atoms with van der Waals surface area (Å²) in [7, 11) is 5.38. The van der Waals surface area contributed by atoms with E-state index in [1.54, 1.807) is 24.2 Å². The molecule has 0 aromatic carbocycles. The maximum atomic E-state index is 5.28. The van der Waals surface area contributed by atoms with Crippen LogP contribution in [0.3, 0.4) is 0 Å². The highest BCUT2D eigenvalue weighted by atomic mass is 32.1. The highest BCUT2D eigenvalue weighted by Gasteiger charge is 2.22. The van der Waals surface area contributed by atoms with Crippen molar-refractivity contribution in [3.05, 3.63) is 23.8 Å². The molecule has 6 nitrogen and oxygen atoms in total. The van der Waals surface area contributed by atoms with Gasteiger partial charge in [-0.3, -0.25) is 4.68 Å². The van der Waals surface area contributed by atoms with E-state index < -0.39 is 0 Å². The van der Waals surface area contributed by atoms with E-state index in [9.17, 15) is 0 Å². The van der Waals surface area contributed by atoms with E-state index in [4.69, 9.17) is 4.74 Å². The predicted octanol–water partition coefficient (Wildman–Crippen LogP) is 0.589. The third kappa shape index (κ3) is 1.79. The molecule has 86 valence electrons. The molecule has 0 aliphatic carbocycles. The SMILES string of the molecule is CNC(c1cnsn1)c1c(OC)cnn1C. The lowest BCUT2D eigenvalue weighted by molar-refractivity contribution is 0.402. The molecule has 2 aromatic heterocycles. The summed E-state index contributed by atoms with van der Waals surface area (Å²) in [6, 6.07) is -0.0544. The molecule has 7 heteroatoms. The Morgan fingerprint density at radius 2 is 2.31 bits per heavy atom. The first-order valence-electron chi connectivity index (χ1n) is 4.78. The van der Waals surface area contributed by atoms with Crippen molar-refractivity contribution in [3.8, 4) is 5.75 Å². The van der Waals surface area contributed by atoms with Crippen molar-refractivity contribution in [2.45, 2.75) is 6.04 Å². The molecule has 16 heavy (non-hydrogen) atoms. The number of hydrogen-bond acceptors (Lipinski definition) is 6. The van der Waals surface area contributed by atoms with E-state index in [-0.39, 0.29) is 6.04 Å². The fourth-order valence-corrected chi connectivity index (χ4v) is 2.09. The first kappa shape index (κ1) is 11.0. The van der Waals surface area contributed by atoms with Gasteiger partial charge in [0.1, 0.15) is 5.69 Å². The lowest BCUT2D eigenvalue weighted by atomic mass is 10.1. The third-order valence-corrected chi connectivity index (χ3v) is 2.90. The second-order valence-corrected chi connectivity index (χ2v) is 3.83. The topological polar surface area (TPSA) is 64.9 Å². The summed E-state index contributed by atoms with van der Waals surface area (Å²) >= 11 is 1.19. The van der Waals surface area contributed by atoms with Gasteiger partial charge in [0.05, 0.1) is 43.0 Å². The zero-order valence-corrected chi connectivity index (χ0v) is 10.2. The van der Waals surface area contributed by atoms with Gasteiger partial charge in [-0.15, -0.1) is 0 Å². The molecule has 1 N–H and O–H groups in total. The number of rotatable bonds is 4. The zero-order chi connectivity index (χ0) is 11.5. The van der Waals surface area contributed by atoms with Crippen molar-refractivity contribution >= 4 is 11.7 Å². The average molecular weight is 239 g/mol. The Labute approximate surface area is 97.6 Å². The van der Waals surface area contributed by atoms with Gasteiger partial charge in [0.2, 0.25) is 0 Å². The van der Waals surface area contributed by atoms with Gasteiger partial charge >= 0.3 is 0 Å². The van der Waals surface area contributed by atoms with Gasteiger partial charge in [0, 0.05) is 7.05 Å². The minimum Gasteiger partial charge on any atom is -0.493 e. The molecule has 2 rings (SSSR count). The van der Waals surface area contributed by atoms with Gasteiger partial charge in [-0.25, -0.2) is 0 Å². The molecule has 0 amide bonds. The van der Waals surface area contributed by atoms with Crippen LogP contribution in [0, 0.1) is 0 Å². The van der Waals surface area contributed by atoms with E-state index in [2.05, 4.69) is 19.2 Å². The molecule has 0 fully saturated rings. The Balaban J connectivity index is 2.44. The van der Waals surface area contributed by atoms with E-state index in [0.717, 1.165) is 17.1 Å². The summed E-state index contributed by atoms with van der Waals surface area (Å²) in [6.07, 6.45) is 3.44. The van der Waals surface area contributed by atoms with Gasteiger partial charge in [-0.1, -0.05) is 0 Å². The quantitative estimate of drug-likeness (QED) is 0.846. The van der Waals surface area contributed by atoms with Gasteiger partial charge in [-0.2, -0.15) is 13.8 Å². The lowest BCUT2D eigenvalue weighted by Gasteiger charge is -2.15. The van der Waals surface area contributed by atoms with Gasteiger partial charge in [0.25, 0.3) is 0 Å². The normalized spacial score (nSPS) is 12.7. The standard InChI is InChI=1S/C9H13N5OS/c1-10-8(6-4-12-16-13-6)9-7(15-3)5-11-14(9)2/h4-5,8,10H,1-3H3. The van der Waals surface area contributed by atoms with E-state index in [0.29, 0.717) is 0 Å². The molecule has 1 atom stereocenters. The molecule has 0 saturated carbocycles. The highest BCUT2D eigenvalue weighted by Crippen LogP contribution is 2.28. The Kier molecular flexibility index (Phi) is 3.16. The van der Waals surface area contributed by atoms with Crippen molar-refractivity contribution in [2.24, 2.45) is 7.05 Å². The van der Waals surface area contributed by atoms with Crippen LogP contribution in [0.2, 0.25) is 0 Å². The molecule has 1 unspecified atom stereocenters. The summed E-state index contributed by atoms with van der Waals surface area (Å²) < 4.78 is 15.3. The summed E-state index contributed by atoms with van der Waals surface area (Å²) in [5.74, 6) is 0.745. The molecule has 2 aromatic rings. The van der Waals surface area contributed by atoms with Gasteiger partial charge in [-0.05, 0) is 7.05 Å². The second kappa shape index (κ2) is 4.58. The van der Waals surface area contributed by atoms with Crippen LogP contribution in [0.25, 0.3) is 0 Å². The largest absolute Gasteiger partial charge is 0.493 e. The second-order valence-electron chi connectivity index (χ2n) is 3.28. The lowest BCUT2D eigenvalue weighted by Crippen LogP contribution is -2.21. The minimum absolute atomic E-state index is 0.0544. The van der Waals surface area contributed by atoms with Crippen LogP contribution < -0.4 is 10.1 Å². The van der Waals surface area contributed by atoms with Crippen LogP contribution in [0.5, 0.6) is 5.75 Å². The van der Waals surface area contributed by atoms with Crippen molar-refractivity contribution in [1.29, 1.82) is 0 Å². The maximum absolute atomic E-state index is 5.28. The summed E-state index contributed by atoms with van der Waals surface area (Å²) in [4.78, 5) is 0. The molecular weight excluding hydrogens is 226 g/mol. The van der Waals surface area contributed by atoms with Crippen molar-refractivity contribution in [2.75, 3.05) is 14.2 Å². The van der Waals surface area contributed by atoms with Crippen molar-refractivity contribution < 1.29 is 4.74 Å². The summed E-state index contributed by atoms with van der Waals surface area (Å²) in [5, 5.41) is 7.36. The van der Waals surface area contributed by atoms with Crippen LogP contribution in [0.15, 0.2) is 12.4 Å². The highest BCUT2D eigenvalue weighted by molar-refractivity contribution is 6.99. The number of hydrogen-bond donors (Lipinski definition) is 1. The van der Waals surface area contributed by atoms with Crippen LogP contribution >= 0.6 is 11.7 Å². The first-order valence-corrected chi connectivity index (χ1v) is 5.51. The Morgan fingerprint density at radius 1 is 1.50 bits per heavy atom. The van der Waals surface area contributed by atoms with Gasteiger partial charge in [0.15, 0.2) is 5.75 Å². The monoisotopic (exact) mass is 239 g/mol. The van der Waals surface area contributed by atoms with E-state index in [1.807, 2.05) is 14.1 Å². The number of methoxy groups -OCH3 is 1.